The molecule has 2 heteroatoms. The molecule has 0 bridgehead atoms. The van der Waals surface area contributed by atoms with Crippen molar-refractivity contribution in [2.75, 3.05) is 19.6 Å². The zero-order chi connectivity index (χ0) is 13.2. The number of benzene rings is 1. The van der Waals surface area contributed by atoms with Gasteiger partial charge in [-0.25, -0.2) is 0 Å². The summed E-state index contributed by atoms with van der Waals surface area (Å²) in [5, 5.41) is 0.859. The van der Waals surface area contributed by atoms with Crippen LogP contribution < -0.4 is 0 Å². The maximum absolute atomic E-state index is 6.05. The molecule has 1 aromatic rings. The zero-order valence-electron chi connectivity index (χ0n) is 11.8. The Labute approximate surface area is 116 Å². The summed E-state index contributed by atoms with van der Waals surface area (Å²) in [7, 11) is 0. The van der Waals surface area contributed by atoms with Crippen molar-refractivity contribution in [2.45, 2.75) is 40.0 Å². The predicted octanol–water partition coefficient (Wildman–Crippen LogP) is 4.31. The first kappa shape index (κ1) is 13.9. The smallest absolute Gasteiger partial charge is 0.0408 e. The standard InChI is InChI=1S/C16H24ClN/c1-13-6-7-15(17)11-14(13)5-4-9-18-10-8-16(2,3)12-18/h6-7,11H,4-5,8-10,12H2,1-3H3. The highest BCUT2D eigenvalue weighted by Crippen LogP contribution is 2.28. The number of hydrogen-bond donors (Lipinski definition) is 0. The molecular weight excluding hydrogens is 242 g/mol. The molecule has 0 saturated carbocycles. The molecule has 1 nitrogen and oxygen atoms in total. The van der Waals surface area contributed by atoms with Gasteiger partial charge >= 0.3 is 0 Å². The largest absolute Gasteiger partial charge is 0.303 e. The Bertz CT molecular complexity index is 412. The van der Waals surface area contributed by atoms with Gasteiger partial charge in [-0.3, -0.25) is 0 Å². The zero-order valence-corrected chi connectivity index (χ0v) is 12.6. The average molecular weight is 266 g/mol. The van der Waals surface area contributed by atoms with E-state index in [-0.39, 0.29) is 0 Å². The molecule has 1 aliphatic heterocycles. The highest BCUT2D eigenvalue weighted by Gasteiger charge is 2.28. The fourth-order valence-electron chi connectivity index (χ4n) is 2.82. The van der Waals surface area contributed by atoms with Crippen LogP contribution in [0.4, 0.5) is 0 Å². The van der Waals surface area contributed by atoms with Gasteiger partial charge in [0.15, 0.2) is 0 Å². The lowest BCUT2D eigenvalue weighted by Gasteiger charge is -2.19. The number of aryl methyl sites for hydroxylation is 2. The fraction of sp³-hybridized carbons (Fsp3) is 0.625. The third kappa shape index (κ3) is 3.73. The Balaban J connectivity index is 1.80. The minimum atomic E-state index is 0.520. The van der Waals surface area contributed by atoms with Crippen molar-refractivity contribution in [3.63, 3.8) is 0 Å². The molecule has 1 saturated heterocycles. The molecule has 0 unspecified atom stereocenters. The van der Waals surface area contributed by atoms with Crippen molar-refractivity contribution in [3.8, 4) is 0 Å². The van der Waals surface area contributed by atoms with Crippen LogP contribution in [0.3, 0.4) is 0 Å². The van der Waals surface area contributed by atoms with Gasteiger partial charge in [0.2, 0.25) is 0 Å². The second-order valence-electron chi connectivity index (χ2n) is 6.36. The first-order valence-corrected chi connectivity index (χ1v) is 7.31. The van der Waals surface area contributed by atoms with Gasteiger partial charge in [0.1, 0.15) is 0 Å². The van der Waals surface area contributed by atoms with Crippen molar-refractivity contribution in [2.24, 2.45) is 5.41 Å². The Kier molecular flexibility index (Phi) is 4.34. The van der Waals surface area contributed by atoms with E-state index in [2.05, 4.69) is 37.8 Å². The number of nitrogens with zero attached hydrogens (tertiary/aromatic N) is 1. The molecule has 0 aromatic heterocycles. The molecule has 0 N–H and O–H groups in total. The van der Waals surface area contributed by atoms with Crippen molar-refractivity contribution in [3.05, 3.63) is 34.3 Å². The summed E-state index contributed by atoms with van der Waals surface area (Å²) in [5.74, 6) is 0. The minimum absolute atomic E-state index is 0.520. The molecule has 100 valence electrons. The number of hydrogen-bond acceptors (Lipinski definition) is 1. The van der Waals surface area contributed by atoms with E-state index in [1.807, 2.05) is 6.07 Å². The third-order valence-corrected chi connectivity index (χ3v) is 4.22. The van der Waals surface area contributed by atoms with Crippen LogP contribution in [0.15, 0.2) is 18.2 Å². The van der Waals surface area contributed by atoms with E-state index in [1.165, 1.54) is 43.6 Å². The molecule has 18 heavy (non-hydrogen) atoms. The van der Waals surface area contributed by atoms with Crippen LogP contribution in [0.1, 0.15) is 37.8 Å². The quantitative estimate of drug-likeness (QED) is 0.784. The third-order valence-electron chi connectivity index (χ3n) is 3.99. The minimum Gasteiger partial charge on any atom is -0.303 e. The Morgan fingerprint density at radius 1 is 1.33 bits per heavy atom. The number of likely N-dealkylation sites (tertiary alicyclic amines) is 1. The van der Waals surface area contributed by atoms with Crippen molar-refractivity contribution < 1.29 is 0 Å². The van der Waals surface area contributed by atoms with Crippen LogP contribution in [0.25, 0.3) is 0 Å². The van der Waals surface area contributed by atoms with E-state index < -0.39 is 0 Å². The van der Waals surface area contributed by atoms with Crippen LogP contribution in [0, 0.1) is 12.3 Å². The fourth-order valence-corrected chi connectivity index (χ4v) is 3.01. The molecule has 0 radical (unpaired) electrons. The summed E-state index contributed by atoms with van der Waals surface area (Å²) < 4.78 is 0. The van der Waals surface area contributed by atoms with Crippen LogP contribution in [0.2, 0.25) is 5.02 Å². The normalized spacial score (nSPS) is 19.3. The lowest BCUT2D eigenvalue weighted by molar-refractivity contribution is 0.288. The molecule has 1 aromatic carbocycles. The van der Waals surface area contributed by atoms with Gasteiger partial charge in [-0.05, 0) is 68.0 Å². The predicted molar refractivity (Wildman–Crippen MR) is 79.3 cm³/mol. The first-order chi connectivity index (χ1) is 8.46. The molecule has 0 amide bonds. The highest BCUT2D eigenvalue weighted by atomic mass is 35.5. The Morgan fingerprint density at radius 3 is 2.78 bits per heavy atom. The lowest BCUT2D eigenvalue weighted by Crippen LogP contribution is -2.24. The van der Waals surface area contributed by atoms with E-state index in [0.29, 0.717) is 5.41 Å². The molecule has 0 spiro atoms. The first-order valence-electron chi connectivity index (χ1n) is 6.94. The molecular formula is C16H24ClN. The molecule has 1 heterocycles. The van der Waals surface area contributed by atoms with Crippen molar-refractivity contribution in [1.29, 1.82) is 0 Å². The summed E-state index contributed by atoms with van der Waals surface area (Å²) in [6.45, 7) is 10.6. The Morgan fingerprint density at radius 2 is 2.11 bits per heavy atom. The molecule has 0 atom stereocenters. The summed E-state index contributed by atoms with van der Waals surface area (Å²) in [4.78, 5) is 2.60. The van der Waals surface area contributed by atoms with E-state index >= 15 is 0 Å². The molecule has 1 fully saturated rings. The van der Waals surface area contributed by atoms with Gasteiger partial charge in [-0.1, -0.05) is 31.5 Å². The van der Waals surface area contributed by atoms with Gasteiger partial charge in [-0.15, -0.1) is 0 Å². The number of halogens is 1. The summed E-state index contributed by atoms with van der Waals surface area (Å²) >= 11 is 6.05. The highest BCUT2D eigenvalue weighted by molar-refractivity contribution is 6.30. The molecule has 0 aliphatic carbocycles. The maximum atomic E-state index is 6.05. The van der Waals surface area contributed by atoms with Crippen LogP contribution in [0.5, 0.6) is 0 Å². The van der Waals surface area contributed by atoms with E-state index in [9.17, 15) is 0 Å². The topological polar surface area (TPSA) is 3.24 Å². The van der Waals surface area contributed by atoms with E-state index in [1.54, 1.807) is 0 Å². The van der Waals surface area contributed by atoms with E-state index in [0.717, 1.165) is 11.4 Å². The second kappa shape index (κ2) is 5.63. The van der Waals surface area contributed by atoms with Crippen molar-refractivity contribution >= 4 is 11.6 Å². The summed E-state index contributed by atoms with van der Waals surface area (Å²) in [5.41, 5.74) is 3.29. The average Bonchev–Trinajstić information content (AvgIpc) is 2.63. The molecule has 2 rings (SSSR count). The van der Waals surface area contributed by atoms with E-state index in [4.69, 9.17) is 11.6 Å². The summed E-state index contributed by atoms with van der Waals surface area (Å²) in [6.07, 6.45) is 3.71. The van der Waals surface area contributed by atoms with Gasteiger partial charge in [0.05, 0.1) is 0 Å². The SMILES string of the molecule is Cc1ccc(Cl)cc1CCCN1CCC(C)(C)C1. The second-order valence-corrected chi connectivity index (χ2v) is 6.80. The van der Waals surface area contributed by atoms with Crippen LogP contribution >= 0.6 is 11.6 Å². The van der Waals surface area contributed by atoms with Gasteiger partial charge in [0.25, 0.3) is 0 Å². The van der Waals surface area contributed by atoms with Crippen molar-refractivity contribution in [1.82, 2.24) is 4.90 Å². The summed E-state index contributed by atoms with van der Waals surface area (Å²) in [6, 6.07) is 6.21. The lowest BCUT2D eigenvalue weighted by atomic mass is 9.93. The van der Waals surface area contributed by atoms with Gasteiger partial charge in [-0.2, -0.15) is 0 Å². The Hall–Kier alpha value is -0.530. The van der Waals surface area contributed by atoms with Gasteiger partial charge in [0, 0.05) is 11.6 Å². The number of rotatable bonds is 4. The maximum Gasteiger partial charge on any atom is 0.0408 e. The van der Waals surface area contributed by atoms with Gasteiger partial charge < -0.3 is 4.90 Å². The van der Waals surface area contributed by atoms with Crippen LogP contribution in [-0.2, 0) is 6.42 Å². The monoisotopic (exact) mass is 265 g/mol. The molecule has 1 aliphatic rings. The van der Waals surface area contributed by atoms with Crippen LogP contribution in [-0.4, -0.2) is 24.5 Å².